The van der Waals surface area contributed by atoms with Gasteiger partial charge in [0.2, 0.25) is 0 Å². The molecule has 1 rings (SSSR count). The summed E-state index contributed by atoms with van der Waals surface area (Å²) in [7, 11) is 0. The van der Waals surface area contributed by atoms with Gasteiger partial charge < -0.3 is 5.11 Å². The van der Waals surface area contributed by atoms with Crippen molar-refractivity contribution in [2.75, 3.05) is 6.61 Å². The van der Waals surface area contributed by atoms with E-state index in [1.165, 1.54) is 5.56 Å². The minimum atomic E-state index is 0.179. The van der Waals surface area contributed by atoms with Gasteiger partial charge in [0, 0.05) is 12.5 Å². The van der Waals surface area contributed by atoms with Gasteiger partial charge in [0.1, 0.15) is 0 Å². The summed E-state index contributed by atoms with van der Waals surface area (Å²) < 4.78 is 0. The Kier molecular flexibility index (Phi) is 3.55. The lowest BCUT2D eigenvalue weighted by Crippen LogP contribution is -2.05. The molecule has 1 aromatic rings. The zero-order valence-corrected chi connectivity index (χ0v) is 7.11. The van der Waals surface area contributed by atoms with Gasteiger partial charge in [-0.3, -0.25) is 0 Å². The van der Waals surface area contributed by atoms with Gasteiger partial charge in [0.15, 0.2) is 0 Å². The van der Waals surface area contributed by atoms with Crippen LogP contribution in [0.2, 0.25) is 0 Å². The van der Waals surface area contributed by atoms with E-state index in [9.17, 15) is 0 Å². The summed E-state index contributed by atoms with van der Waals surface area (Å²) in [4.78, 5) is 0. The number of aliphatic hydroxyl groups excluding tert-OH is 1. The van der Waals surface area contributed by atoms with Gasteiger partial charge in [-0.25, -0.2) is 0 Å². The van der Waals surface area contributed by atoms with Gasteiger partial charge in [-0.2, -0.15) is 0 Å². The molecule has 1 atom stereocenters. The molecule has 1 N–H and O–H groups in total. The van der Waals surface area contributed by atoms with E-state index in [1.807, 2.05) is 18.2 Å². The second-order valence-corrected chi connectivity index (χ2v) is 2.87. The lowest BCUT2D eigenvalue weighted by molar-refractivity contribution is 0.252. The van der Waals surface area contributed by atoms with Gasteiger partial charge >= 0.3 is 0 Å². The molecule has 0 fully saturated rings. The van der Waals surface area contributed by atoms with Gasteiger partial charge in [-0.15, -0.1) is 6.58 Å². The van der Waals surface area contributed by atoms with Crippen molar-refractivity contribution >= 4 is 0 Å². The maximum atomic E-state index is 8.92. The fraction of sp³-hybridized carbons (Fsp3) is 0.273. The van der Waals surface area contributed by atoms with Crippen LogP contribution >= 0.6 is 0 Å². The van der Waals surface area contributed by atoms with Gasteiger partial charge in [0.05, 0.1) is 0 Å². The summed E-state index contributed by atoms with van der Waals surface area (Å²) >= 11 is 0. The molecule has 1 aromatic carbocycles. The van der Waals surface area contributed by atoms with E-state index in [0.29, 0.717) is 0 Å². The Morgan fingerprint density at radius 3 is 2.50 bits per heavy atom. The van der Waals surface area contributed by atoms with Gasteiger partial charge in [-0.05, 0) is 12.0 Å². The third kappa shape index (κ3) is 2.51. The molecule has 0 unspecified atom stereocenters. The first-order valence-corrected chi connectivity index (χ1v) is 4.14. The predicted octanol–water partition coefficient (Wildman–Crippen LogP) is 2.02. The highest BCUT2D eigenvalue weighted by atomic mass is 16.3. The van der Waals surface area contributed by atoms with Crippen LogP contribution in [-0.2, 0) is 6.42 Å². The van der Waals surface area contributed by atoms with Crippen molar-refractivity contribution in [3.8, 4) is 0 Å². The second kappa shape index (κ2) is 4.73. The standard InChI is InChI=1S/C11H14O/c1-2-10(9-12)8-11-6-4-3-5-7-11/h2-7,10,12H,1,8-9H2/t10-/m0/s1. The summed E-state index contributed by atoms with van der Waals surface area (Å²) in [6, 6.07) is 10.1. The Morgan fingerprint density at radius 2 is 2.00 bits per heavy atom. The van der Waals surface area contributed by atoms with Crippen LogP contribution in [0.15, 0.2) is 43.0 Å². The average Bonchev–Trinajstić information content (AvgIpc) is 2.16. The van der Waals surface area contributed by atoms with Crippen molar-refractivity contribution in [3.63, 3.8) is 0 Å². The van der Waals surface area contributed by atoms with Crippen molar-refractivity contribution in [3.05, 3.63) is 48.6 Å². The molecule has 64 valence electrons. The van der Waals surface area contributed by atoms with Gasteiger partial charge in [-0.1, -0.05) is 36.4 Å². The van der Waals surface area contributed by atoms with Crippen molar-refractivity contribution in [2.45, 2.75) is 6.42 Å². The van der Waals surface area contributed by atoms with Crippen LogP contribution in [0, 0.1) is 5.92 Å². The molecule has 0 aliphatic carbocycles. The highest BCUT2D eigenvalue weighted by Gasteiger charge is 2.02. The van der Waals surface area contributed by atoms with E-state index in [4.69, 9.17) is 5.11 Å². The number of benzene rings is 1. The first kappa shape index (κ1) is 9.01. The molecule has 1 nitrogen and oxygen atoms in total. The maximum Gasteiger partial charge on any atom is 0.0496 e. The Labute approximate surface area is 73.4 Å². The van der Waals surface area contributed by atoms with Crippen molar-refractivity contribution in [1.82, 2.24) is 0 Å². The fourth-order valence-corrected chi connectivity index (χ4v) is 1.14. The molecule has 0 aromatic heterocycles. The molecule has 0 heterocycles. The van der Waals surface area contributed by atoms with E-state index in [0.717, 1.165) is 6.42 Å². The smallest absolute Gasteiger partial charge is 0.0496 e. The first-order chi connectivity index (χ1) is 5.86. The lowest BCUT2D eigenvalue weighted by atomic mass is 10.0. The van der Waals surface area contributed by atoms with Crippen LogP contribution in [0.5, 0.6) is 0 Å². The Morgan fingerprint density at radius 1 is 1.33 bits per heavy atom. The fourth-order valence-electron chi connectivity index (χ4n) is 1.14. The zero-order valence-electron chi connectivity index (χ0n) is 7.11. The minimum absolute atomic E-state index is 0.179. The molecule has 0 spiro atoms. The van der Waals surface area contributed by atoms with Crippen LogP contribution in [0.4, 0.5) is 0 Å². The topological polar surface area (TPSA) is 20.2 Å². The number of rotatable bonds is 4. The molecule has 0 amide bonds. The Hall–Kier alpha value is -1.08. The molecule has 0 aliphatic rings. The summed E-state index contributed by atoms with van der Waals surface area (Å²) in [6.45, 7) is 3.85. The molecule has 12 heavy (non-hydrogen) atoms. The first-order valence-electron chi connectivity index (χ1n) is 4.14. The lowest BCUT2D eigenvalue weighted by Gasteiger charge is -2.07. The average molecular weight is 162 g/mol. The number of aliphatic hydroxyl groups is 1. The van der Waals surface area contributed by atoms with Gasteiger partial charge in [0.25, 0.3) is 0 Å². The number of hydrogen-bond acceptors (Lipinski definition) is 1. The largest absolute Gasteiger partial charge is 0.396 e. The monoisotopic (exact) mass is 162 g/mol. The summed E-state index contributed by atoms with van der Waals surface area (Å²) in [5.41, 5.74) is 1.25. The molecule has 1 heteroatoms. The molecule has 0 saturated heterocycles. The number of hydrogen-bond donors (Lipinski definition) is 1. The van der Waals surface area contributed by atoms with E-state index in [1.54, 1.807) is 6.08 Å². The summed E-state index contributed by atoms with van der Waals surface area (Å²) in [5.74, 6) is 0.187. The maximum absolute atomic E-state index is 8.92. The molecule has 0 aliphatic heterocycles. The van der Waals surface area contributed by atoms with E-state index >= 15 is 0 Å². The van der Waals surface area contributed by atoms with E-state index in [-0.39, 0.29) is 12.5 Å². The SMILES string of the molecule is C=C[C@H](CO)Cc1ccccc1. The molecule has 0 bridgehead atoms. The van der Waals surface area contributed by atoms with Crippen molar-refractivity contribution < 1.29 is 5.11 Å². The van der Waals surface area contributed by atoms with Crippen LogP contribution < -0.4 is 0 Å². The zero-order chi connectivity index (χ0) is 8.81. The predicted molar refractivity (Wildman–Crippen MR) is 50.9 cm³/mol. The van der Waals surface area contributed by atoms with Crippen molar-refractivity contribution in [1.29, 1.82) is 0 Å². The third-order valence-electron chi connectivity index (χ3n) is 1.91. The van der Waals surface area contributed by atoms with E-state index in [2.05, 4.69) is 18.7 Å². The molecular formula is C11H14O. The summed E-state index contributed by atoms with van der Waals surface area (Å²) in [6.07, 6.45) is 2.67. The van der Waals surface area contributed by atoms with Crippen LogP contribution in [0.1, 0.15) is 5.56 Å². The molecule has 0 saturated carbocycles. The second-order valence-electron chi connectivity index (χ2n) is 2.87. The highest BCUT2D eigenvalue weighted by Crippen LogP contribution is 2.08. The normalized spacial score (nSPS) is 12.4. The Bertz CT molecular complexity index is 228. The third-order valence-corrected chi connectivity index (χ3v) is 1.91. The summed E-state index contributed by atoms with van der Waals surface area (Å²) in [5, 5.41) is 8.92. The Balaban J connectivity index is 2.56. The quantitative estimate of drug-likeness (QED) is 0.671. The molecular weight excluding hydrogens is 148 g/mol. The molecule has 0 radical (unpaired) electrons. The minimum Gasteiger partial charge on any atom is -0.396 e. The van der Waals surface area contributed by atoms with Crippen LogP contribution in [-0.4, -0.2) is 11.7 Å². The van der Waals surface area contributed by atoms with Crippen LogP contribution in [0.25, 0.3) is 0 Å². The van der Waals surface area contributed by atoms with E-state index < -0.39 is 0 Å². The highest BCUT2D eigenvalue weighted by molar-refractivity contribution is 5.16. The van der Waals surface area contributed by atoms with Crippen molar-refractivity contribution in [2.24, 2.45) is 5.92 Å². The van der Waals surface area contributed by atoms with Crippen LogP contribution in [0.3, 0.4) is 0 Å².